The second kappa shape index (κ2) is 311. The Labute approximate surface area is 2910 Å². The zero-order valence-corrected chi connectivity index (χ0v) is 313. The summed E-state index contributed by atoms with van der Waals surface area (Å²) in [7, 11) is 0. The van der Waals surface area contributed by atoms with Gasteiger partial charge in [0.1, 0.15) is 34.6 Å². The van der Waals surface area contributed by atoms with Crippen LogP contribution in [0, 0.1) is 50.2 Å². The van der Waals surface area contributed by atoms with Gasteiger partial charge in [-0.1, -0.05) is 24.6 Å². The molecule has 1 atom stereocenters. The molecule has 8 heterocycles. The number of amidine groups is 4. The maximum Gasteiger partial charge on any atom is 0.352 e. The molecular formula is C35H14N8Y85-4. The number of benzene rings is 4. The zero-order chi connectivity index (χ0) is 27.9. The molecule has 4 aromatic carbocycles. The number of aryl methyl sites for hydroxylation is 2. The molecule has 0 saturated carbocycles. The van der Waals surface area contributed by atoms with Crippen molar-refractivity contribution in [1.29, 1.82) is 0 Å². The summed E-state index contributed by atoms with van der Waals surface area (Å²) in [6.45, 7) is 4.25. The molecule has 6 aliphatic rings. The van der Waals surface area contributed by atoms with Gasteiger partial charge in [0, 0.05) is 2780 Å². The van der Waals surface area contributed by atoms with E-state index in [1.807, 2.05) is 36.4 Å². The summed E-state index contributed by atoms with van der Waals surface area (Å²) in [6.07, 6.45) is 0. The summed E-state index contributed by atoms with van der Waals surface area (Å²) in [5.74, 6) is 3.62. The molecular weight excluding hydrogens is 8090 g/mol. The van der Waals surface area contributed by atoms with Gasteiger partial charge in [-0.2, -0.15) is 42.2 Å². The Bertz CT molecular complexity index is 2860. The number of rotatable bonds is 0. The van der Waals surface area contributed by atoms with Gasteiger partial charge in [-0.3, -0.25) is 9.15 Å². The van der Waals surface area contributed by atoms with Crippen LogP contribution in [0.3, 0.4) is 0 Å². The normalized spacial score (nSPS) is 6.86. The first kappa shape index (κ1) is 495. The van der Waals surface area contributed by atoms with E-state index in [0.717, 1.165) is 101 Å². The Balaban J connectivity index is -0.00000000476. The molecule has 1 spiro atoms. The molecule has 0 saturated heterocycles. The van der Waals surface area contributed by atoms with E-state index >= 15 is 0 Å². The number of nitrogens with zero attached hydrogens (tertiary/aromatic N) is 8. The molecule has 0 fully saturated rings. The standard InChI is InChI=1S/C35H14N8.85Y/c1-17-9-7-15-23-25(17)33-38-29-21-13-5-6-14-22(21)30-39-34-26-18(2)10-8-16-24(26)32-37-28-20-12-4-3-11-19(20)27-36-31(23)42(33)35(40(27)28,41(29)30)43(32)34;;;;;;;;;;;;;;;;;;;;;;;;;;;;;;;;;;;;;;;;;;;;;;;;;;;;;;;;;;;;;;;;;;;;;;;;;;;;;;;;;;;;;/h3-10H,1-2H3;;;;;;;;;;;;;;;;;;;;;;;;;;;;;;;;;;;;;;;;;;;;;;;;;;;;;;;;;;;;;;;;;;;;;;;;;;;;;;;;;;;;;/q-4;;;;;;;;;;;;;;;;;;;;;;;;;;;;;;;;;;;;;;;;;;;;;;;;;;;;;;;;;;;;;;;;;;;;;;;;;;;;;;;;;;;;;. The summed E-state index contributed by atoms with van der Waals surface area (Å²) in [4.78, 5) is 21.5. The fourth-order valence-corrected chi connectivity index (χ4v) is 7.91. The van der Waals surface area contributed by atoms with Crippen LogP contribution in [-0.4, -0.2) is 41.6 Å². The molecule has 1 unspecified atom stereocenters. The van der Waals surface area contributed by atoms with E-state index in [1.54, 1.807) is 0 Å². The molecule has 93 heteroatoms. The topological polar surface area (TPSA) is 65.3 Å². The van der Waals surface area contributed by atoms with E-state index in [1.165, 1.54) is 0 Å². The molecule has 2 aromatic heterocycles. The fourth-order valence-electron chi connectivity index (χ4n) is 7.91. The molecule has 6 aliphatic heterocycles. The average molecular weight is 8100 g/mol. The summed E-state index contributed by atoms with van der Waals surface area (Å²) in [6, 6.07) is 36.6. The summed E-state index contributed by atoms with van der Waals surface area (Å²) in [5, 5.41) is 3.90. The van der Waals surface area contributed by atoms with Crippen LogP contribution in [0.4, 0.5) is 11.6 Å². The number of fused-ring (bicyclic) bond motifs is 12. The van der Waals surface area contributed by atoms with Crippen LogP contribution in [0.25, 0.3) is 21.5 Å². The molecule has 85 radical (unpaired) electrons. The van der Waals surface area contributed by atoms with Crippen LogP contribution in [0.15, 0.2) is 68.5 Å². The van der Waals surface area contributed by atoms with Gasteiger partial charge in [-0.05, 0) is 10.8 Å². The maximum absolute atomic E-state index is 5.40. The molecule has 0 amide bonds. The van der Waals surface area contributed by atoms with Crippen molar-refractivity contribution < 1.29 is 2790 Å². The van der Waals surface area contributed by atoms with E-state index in [2.05, 4.69) is 80.7 Å². The number of aliphatic imine (C=N–C) groups is 2. The predicted octanol–water partition coefficient (Wildman–Crippen LogP) is 2.91. The van der Waals surface area contributed by atoms with Crippen LogP contribution in [0.1, 0.15) is 33.4 Å². The molecule has 453 valence electrons. The molecule has 6 aromatic rings. The maximum atomic E-state index is 5.40. The molecule has 0 aliphatic carbocycles. The van der Waals surface area contributed by atoms with Crippen molar-refractivity contribution >= 4 is 56.5 Å². The van der Waals surface area contributed by atoms with Gasteiger partial charge in [-0.25, -0.2) is 57.7 Å². The van der Waals surface area contributed by atoms with Crippen molar-refractivity contribution in [1.82, 2.24) is 9.13 Å². The quantitative estimate of drug-likeness (QED) is 0.166. The van der Waals surface area contributed by atoms with Gasteiger partial charge in [0.05, 0.1) is 0 Å². The van der Waals surface area contributed by atoms with Gasteiger partial charge >= 0.3 is 5.91 Å². The molecule has 0 N–H and O–H groups in total. The molecule has 0 bridgehead atoms. The van der Waals surface area contributed by atoms with Crippen LogP contribution in [0.2, 0.25) is 0 Å². The van der Waals surface area contributed by atoms with Crippen LogP contribution >= 0.6 is 0 Å². The van der Waals surface area contributed by atoms with Crippen molar-refractivity contribution in [2.75, 3.05) is 0 Å². The molecule has 8 nitrogen and oxygen atoms in total. The Morgan fingerprint density at radius 3 is 0.609 bits per heavy atom. The minimum Gasteiger partial charge on any atom is -0.253 e. The third kappa shape index (κ3) is 166. The summed E-state index contributed by atoms with van der Waals surface area (Å²) < 4.78 is 8.98. The van der Waals surface area contributed by atoms with E-state index in [9.17, 15) is 0 Å². The number of hydrogen-bond donors (Lipinski definition) is 0. The smallest absolute Gasteiger partial charge is 0.253 e. The van der Waals surface area contributed by atoms with Crippen LogP contribution < -0.4 is 11.0 Å². The van der Waals surface area contributed by atoms with Gasteiger partial charge < -0.3 is 0 Å². The average Bonchev–Trinajstić information content (AvgIpc) is 3.74. The minimum atomic E-state index is -1.06. The minimum absolute atomic E-state index is 0. The molecule has 12 rings (SSSR count). The number of hydrogen-bond acceptors (Lipinski definition) is 4. The molecule has 128 heavy (non-hydrogen) atoms. The van der Waals surface area contributed by atoms with Crippen molar-refractivity contribution in [2.24, 2.45) is 20.0 Å². The van der Waals surface area contributed by atoms with E-state index < -0.39 is 5.91 Å². The predicted molar refractivity (Wildman–Crippen MR) is 156 cm³/mol. The first-order valence-corrected chi connectivity index (χ1v) is 14.1. The first-order valence-electron chi connectivity index (χ1n) is 14.1. The third-order valence-corrected chi connectivity index (χ3v) is 9.52. The van der Waals surface area contributed by atoms with Gasteiger partial charge in [0.2, 0.25) is 0 Å². The van der Waals surface area contributed by atoms with Crippen LogP contribution in [-0.2, 0) is 2790 Å². The summed E-state index contributed by atoms with van der Waals surface area (Å²) in [5.41, 5.74) is 7.31. The first-order chi connectivity index (χ1) is 21.2. The second-order valence-electron chi connectivity index (χ2n) is 11.5. The Hall–Kier alpha value is 88.1. The van der Waals surface area contributed by atoms with Gasteiger partial charge in [-0.15, -0.1) is 47.5 Å². The Morgan fingerprint density at radius 1 is 0.195 bits per heavy atom. The largest absolute Gasteiger partial charge is 0.352 e. The van der Waals surface area contributed by atoms with Crippen molar-refractivity contribution in [2.45, 2.75) is 19.8 Å². The van der Waals surface area contributed by atoms with Crippen molar-refractivity contribution in [3.8, 4) is 0 Å². The van der Waals surface area contributed by atoms with E-state index in [0.29, 0.717) is 0 Å². The SMILES string of the molecule is Cc1cc[c-]c2c3n4c(c12)N=C1c2[c-]cc[c-]c2C2=[N+]1C41n4c(c5[c-]ccc(C)c5c4=N2)=NC2=[N+]1C(=N3)c1[c-]cc[c-]c12.[Y].[Y].[Y].[Y].[Y].[Y].[Y].[Y].[Y].[Y].[Y].[Y].[Y].[Y].[Y].[Y].[Y].[Y].[Y].[Y].[Y].[Y].[Y].[Y].[Y].[Y].[Y].[Y].[Y].[Y].[Y].[Y].[Y].[Y].[Y].[Y].[Y].[Y].[Y].[Y].[Y].[Y].[Y].[Y].[Y].[Y].[Y].[Y].[Y].[Y].[Y].[Y].[Y].[Y].[Y].[Y].[Y].[Y].[Y].[Y].[Y].[Y].[Y].[Y].[Y].[Y].[Y].[Y].[Y].[Y].[Y].[Y].[Y].[Y].[Y].[Y].[Y].[Y].[Y].[Y].[Y].[Y].[Y].[Y].[Y]. The zero-order valence-electron chi connectivity index (χ0n) is 71.8. The van der Waals surface area contributed by atoms with E-state index in [4.69, 9.17) is 20.0 Å². The van der Waals surface area contributed by atoms with Gasteiger partial charge in [0.15, 0.2) is 11.3 Å². The number of aromatic nitrogens is 2. The summed E-state index contributed by atoms with van der Waals surface area (Å²) >= 11 is 0. The van der Waals surface area contributed by atoms with Crippen molar-refractivity contribution in [3.05, 3.63) is 129 Å². The van der Waals surface area contributed by atoms with Crippen molar-refractivity contribution in [3.63, 3.8) is 0 Å². The van der Waals surface area contributed by atoms with Crippen LogP contribution in [0.5, 0.6) is 0 Å². The Morgan fingerprint density at radius 2 is 0.383 bits per heavy atom. The second-order valence-corrected chi connectivity index (χ2v) is 11.5. The fraction of sp³-hybridized carbons (Fsp3) is 0.0857. The Kier molecular flexibility index (Phi) is 1200. The van der Waals surface area contributed by atoms with Gasteiger partial charge in [0.25, 0.3) is 0 Å². The van der Waals surface area contributed by atoms with E-state index in [-0.39, 0.29) is 2780 Å². The monoisotopic (exact) mass is 8100 g/mol. The third-order valence-electron chi connectivity index (χ3n) is 9.52.